The zero-order valence-electron chi connectivity index (χ0n) is 13.3. The van der Waals surface area contributed by atoms with Crippen molar-refractivity contribution in [3.63, 3.8) is 0 Å². The topological polar surface area (TPSA) is 64.3 Å². The number of rotatable bonds is 8. The van der Waals surface area contributed by atoms with Crippen LogP contribution in [0.1, 0.15) is 46.0 Å². The molecule has 0 aromatic carbocycles. The molecule has 2 saturated heterocycles. The van der Waals surface area contributed by atoms with Gasteiger partial charge in [0, 0.05) is 11.6 Å². The van der Waals surface area contributed by atoms with Crippen LogP contribution in [0, 0.1) is 11.3 Å². The van der Waals surface area contributed by atoms with E-state index in [4.69, 9.17) is 18.9 Å². The van der Waals surface area contributed by atoms with Crippen molar-refractivity contribution in [3.05, 3.63) is 22.9 Å². The molecule has 2 heterocycles. The van der Waals surface area contributed by atoms with E-state index in [9.17, 15) is 5.21 Å². The Bertz CT molecular complexity index is 428. The van der Waals surface area contributed by atoms with Gasteiger partial charge in [0.05, 0.1) is 0 Å². The number of allylic oxidation sites excluding steroid dienone is 1. The third-order valence-corrected chi connectivity index (χ3v) is 3.78. The summed E-state index contributed by atoms with van der Waals surface area (Å²) in [6.45, 7) is 7.95. The van der Waals surface area contributed by atoms with Gasteiger partial charge in [0.15, 0.2) is 12.1 Å². The van der Waals surface area contributed by atoms with Crippen LogP contribution in [0.25, 0.3) is 5.01 Å². The Morgan fingerprint density at radius 2 is 2.05 bits per heavy atom. The first-order chi connectivity index (χ1) is 10.6. The van der Waals surface area contributed by atoms with E-state index in [1.165, 1.54) is 0 Å². The Kier molecular flexibility index (Phi) is 6.21. The van der Waals surface area contributed by atoms with Crippen molar-refractivity contribution in [3.8, 4) is 6.07 Å². The number of ether oxygens (including phenoxy) is 4. The molecular weight excluding hydrogens is 286 g/mol. The van der Waals surface area contributed by atoms with Crippen LogP contribution in [0.15, 0.2) is 12.7 Å². The average molecular weight is 311 g/mol. The van der Waals surface area contributed by atoms with Gasteiger partial charge in [-0.15, -0.1) is 6.58 Å². The molecule has 0 aromatic rings. The Morgan fingerprint density at radius 3 is 2.77 bits per heavy atom. The van der Waals surface area contributed by atoms with Gasteiger partial charge in [0.25, 0.3) is 0 Å². The molecule has 2 rings (SSSR count). The van der Waals surface area contributed by atoms with E-state index in [0.717, 1.165) is 32.1 Å². The number of unbranched alkanes of at least 4 members (excludes halogenated alkanes) is 4. The summed E-state index contributed by atoms with van der Waals surface area (Å²) in [5.74, 6) is -0.707. The van der Waals surface area contributed by atoms with Crippen molar-refractivity contribution in [1.82, 2.24) is 0 Å². The summed E-state index contributed by atoms with van der Waals surface area (Å²) in [6.07, 6.45) is 5.44. The standard InChI is InChI=1S/C16H25NO5/c1-4-5-6-7-8-9-10-19-13-12(11-17-18)20-15-14(13)21-16(2,3)22-15/h4,12-15H,1,5-10H2,2-3H3/t12-,13+,14-,15-/m1/s1. The lowest BCUT2D eigenvalue weighted by atomic mass is 10.1. The second kappa shape index (κ2) is 7.93. The van der Waals surface area contributed by atoms with Crippen LogP contribution in [-0.4, -0.2) is 37.0 Å². The van der Waals surface area contributed by atoms with Gasteiger partial charge in [0.2, 0.25) is 6.10 Å². The number of hydrogen-bond donors (Lipinski definition) is 0. The summed E-state index contributed by atoms with van der Waals surface area (Å²) in [7, 11) is 0. The maximum absolute atomic E-state index is 10.4. The highest BCUT2D eigenvalue weighted by Crippen LogP contribution is 2.38. The van der Waals surface area contributed by atoms with Gasteiger partial charge in [0.1, 0.15) is 12.2 Å². The molecule has 0 amide bonds. The van der Waals surface area contributed by atoms with Crippen LogP contribution in [0.5, 0.6) is 0 Å². The molecule has 0 radical (unpaired) electrons. The quantitative estimate of drug-likeness (QED) is 0.391. The van der Waals surface area contributed by atoms with E-state index in [2.05, 4.69) is 17.7 Å². The summed E-state index contributed by atoms with van der Waals surface area (Å²) in [5, 5.41) is 13.1. The van der Waals surface area contributed by atoms with E-state index >= 15 is 0 Å². The third-order valence-electron chi connectivity index (χ3n) is 3.78. The third kappa shape index (κ3) is 4.43. The normalized spacial score (nSPS) is 32.3. The SMILES string of the molecule is C=CCCCCCCO[C@@H]1[C@H]2OC(C)(C)O[C@H]2O[C@@H]1C#[N+][O-]. The zero-order chi connectivity index (χ0) is 16.0. The Labute approximate surface area is 131 Å². The molecule has 124 valence electrons. The fourth-order valence-electron chi connectivity index (χ4n) is 2.78. The van der Waals surface area contributed by atoms with Crippen molar-refractivity contribution in [2.24, 2.45) is 0 Å². The summed E-state index contributed by atoms with van der Waals surface area (Å²) in [6, 6.07) is 2.37. The minimum atomic E-state index is -0.707. The molecule has 0 bridgehead atoms. The number of fused-ring (bicyclic) bond motifs is 1. The first-order valence-electron chi connectivity index (χ1n) is 7.89. The molecule has 2 fully saturated rings. The van der Waals surface area contributed by atoms with E-state index in [0.29, 0.717) is 6.61 Å². The first kappa shape index (κ1) is 17.2. The molecule has 0 spiro atoms. The summed E-state index contributed by atoms with van der Waals surface area (Å²) in [4.78, 5) is 0. The summed E-state index contributed by atoms with van der Waals surface area (Å²) < 4.78 is 22.9. The fraction of sp³-hybridized carbons (Fsp3) is 0.812. The predicted molar refractivity (Wildman–Crippen MR) is 82.3 cm³/mol. The number of hydrogen-bond acceptors (Lipinski definition) is 5. The van der Waals surface area contributed by atoms with Crippen molar-refractivity contribution in [2.75, 3.05) is 6.61 Å². The van der Waals surface area contributed by atoms with Gasteiger partial charge >= 0.3 is 6.07 Å². The second-order valence-electron chi connectivity index (χ2n) is 6.07. The van der Waals surface area contributed by atoms with Gasteiger partial charge in [-0.2, -0.15) is 0 Å². The molecule has 0 aliphatic carbocycles. The van der Waals surface area contributed by atoms with E-state index in [1.54, 1.807) is 0 Å². The molecule has 4 atom stereocenters. The van der Waals surface area contributed by atoms with E-state index < -0.39 is 24.3 Å². The largest absolute Gasteiger partial charge is 0.498 e. The summed E-state index contributed by atoms with van der Waals surface area (Å²) in [5.41, 5.74) is 0. The maximum atomic E-state index is 10.4. The van der Waals surface area contributed by atoms with E-state index in [-0.39, 0.29) is 6.10 Å². The first-order valence-corrected chi connectivity index (χ1v) is 7.89. The monoisotopic (exact) mass is 311 g/mol. The molecule has 2 aliphatic heterocycles. The Balaban J connectivity index is 1.78. The molecular formula is C16H25NO5. The smallest absolute Gasteiger partial charge is 0.333 e. The molecule has 2 aliphatic rings. The average Bonchev–Trinajstić information content (AvgIpc) is 2.91. The van der Waals surface area contributed by atoms with Gasteiger partial charge in [-0.3, -0.25) is 0 Å². The van der Waals surface area contributed by atoms with E-state index in [1.807, 2.05) is 19.9 Å². The fourth-order valence-corrected chi connectivity index (χ4v) is 2.78. The van der Waals surface area contributed by atoms with Crippen LogP contribution in [0.4, 0.5) is 0 Å². The molecule has 22 heavy (non-hydrogen) atoms. The highest BCUT2D eigenvalue weighted by Gasteiger charge is 2.56. The lowest BCUT2D eigenvalue weighted by Crippen LogP contribution is -2.36. The van der Waals surface area contributed by atoms with Crippen LogP contribution in [0.3, 0.4) is 0 Å². The lowest BCUT2D eigenvalue weighted by Gasteiger charge is -2.22. The van der Waals surface area contributed by atoms with Gasteiger partial charge in [-0.05, 0) is 33.1 Å². The van der Waals surface area contributed by atoms with Crippen molar-refractivity contribution in [1.29, 1.82) is 0 Å². The molecule has 6 nitrogen and oxygen atoms in total. The van der Waals surface area contributed by atoms with Crippen molar-refractivity contribution >= 4 is 0 Å². The molecule has 0 unspecified atom stereocenters. The van der Waals surface area contributed by atoms with Gasteiger partial charge in [-0.1, -0.05) is 18.9 Å². The van der Waals surface area contributed by atoms with Crippen LogP contribution in [-0.2, 0) is 18.9 Å². The maximum Gasteiger partial charge on any atom is 0.333 e. The van der Waals surface area contributed by atoms with Crippen molar-refractivity contribution in [2.45, 2.75) is 76.3 Å². The van der Waals surface area contributed by atoms with Crippen LogP contribution in [0.2, 0.25) is 0 Å². The minimum absolute atomic E-state index is 0.352. The van der Waals surface area contributed by atoms with Gasteiger partial charge in [-0.25, -0.2) is 0 Å². The van der Waals surface area contributed by atoms with Crippen LogP contribution >= 0.6 is 0 Å². The summed E-state index contributed by atoms with van der Waals surface area (Å²) >= 11 is 0. The predicted octanol–water partition coefficient (Wildman–Crippen LogP) is 3.22. The highest BCUT2D eigenvalue weighted by molar-refractivity contribution is 5.08. The number of nitrogens with zero attached hydrogens (tertiary/aromatic N) is 1. The second-order valence-corrected chi connectivity index (χ2v) is 6.07. The van der Waals surface area contributed by atoms with Crippen LogP contribution < -0.4 is 0 Å². The zero-order valence-corrected chi connectivity index (χ0v) is 13.3. The molecule has 0 aromatic heterocycles. The molecule has 0 N–H and O–H groups in total. The van der Waals surface area contributed by atoms with Crippen molar-refractivity contribution < 1.29 is 18.9 Å². The lowest BCUT2D eigenvalue weighted by molar-refractivity contribution is -0.211. The highest BCUT2D eigenvalue weighted by atomic mass is 16.8. The Morgan fingerprint density at radius 1 is 1.27 bits per heavy atom. The van der Waals surface area contributed by atoms with Gasteiger partial charge < -0.3 is 24.2 Å². The Hall–Kier alpha value is -1.13. The molecule has 0 saturated carbocycles. The minimum Gasteiger partial charge on any atom is -0.498 e. The molecule has 6 heteroatoms.